The van der Waals surface area contributed by atoms with Gasteiger partial charge in [-0.2, -0.15) is 4.98 Å². The van der Waals surface area contributed by atoms with Crippen molar-refractivity contribution in [2.24, 2.45) is 0 Å². The number of fused-ring (bicyclic) bond motifs is 1. The molecule has 0 amide bonds. The van der Waals surface area contributed by atoms with E-state index in [-0.39, 0.29) is 5.69 Å². The Morgan fingerprint density at radius 1 is 1.06 bits per heavy atom. The van der Waals surface area contributed by atoms with Gasteiger partial charge in [-0.05, 0) is 38.0 Å². The fourth-order valence-corrected chi connectivity index (χ4v) is 3.29. The molecule has 0 spiro atoms. The smallest absolute Gasteiger partial charge is 0.347 e. The second-order valence-electron chi connectivity index (χ2n) is 5.50. The molecule has 0 saturated heterocycles. The summed E-state index contributed by atoms with van der Waals surface area (Å²) in [7, 11) is 0. The van der Waals surface area contributed by atoms with Gasteiger partial charge < -0.3 is 10.3 Å². The van der Waals surface area contributed by atoms with Crippen LogP contribution in [0.15, 0.2) is 4.79 Å². The Bertz CT molecular complexity index is 474. The maximum Gasteiger partial charge on any atom is 0.347 e. The number of nitrogens with one attached hydrogen (secondary N) is 2. The Morgan fingerprint density at radius 2 is 1.89 bits per heavy atom. The molecule has 2 aliphatic rings. The Balaban J connectivity index is 2.01. The third-order valence-corrected chi connectivity index (χ3v) is 4.23. The summed E-state index contributed by atoms with van der Waals surface area (Å²) in [6.45, 7) is 0.938. The first-order valence-electron chi connectivity index (χ1n) is 7.21. The van der Waals surface area contributed by atoms with Crippen LogP contribution in [0.2, 0.25) is 0 Å². The largest absolute Gasteiger partial charge is 0.370 e. The lowest BCUT2D eigenvalue weighted by Gasteiger charge is -2.24. The monoisotopic (exact) mass is 247 g/mol. The average molecular weight is 247 g/mol. The lowest BCUT2D eigenvalue weighted by molar-refractivity contribution is 0.433. The molecule has 98 valence electrons. The van der Waals surface area contributed by atoms with Crippen molar-refractivity contribution < 1.29 is 0 Å². The average Bonchev–Trinajstić information content (AvgIpc) is 2.64. The Hall–Kier alpha value is -1.32. The number of aromatic amines is 1. The molecule has 0 aromatic carbocycles. The van der Waals surface area contributed by atoms with Crippen molar-refractivity contribution in [2.75, 3.05) is 11.9 Å². The topological polar surface area (TPSA) is 57.8 Å². The molecule has 1 aromatic heterocycles. The Kier molecular flexibility index (Phi) is 3.35. The fourth-order valence-electron chi connectivity index (χ4n) is 3.29. The Labute approximate surface area is 107 Å². The minimum Gasteiger partial charge on any atom is -0.370 e. The van der Waals surface area contributed by atoms with Gasteiger partial charge in [-0.15, -0.1) is 0 Å². The molecule has 18 heavy (non-hydrogen) atoms. The van der Waals surface area contributed by atoms with Crippen molar-refractivity contribution in [1.29, 1.82) is 0 Å². The molecule has 0 unspecified atom stereocenters. The predicted molar refractivity (Wildman–Crippen MR) is 72.1 cm³/mol. The van der Waals surface area contributed by atoms with E-state index in [1.807, 2.05) is 0 Å². The number of anilines is 1. The number of rotatable bonds is 1. The number of hydrogen-bond acceptors (Lipinski definition) is 3. The van der Waals surface area contributed by atoms with Crippen LogP contribution in [0.3, 0.4) is 0 Å². The first kappa shape index (κ1) is 11.8. The molecule has 4 heteroatoms. The van der Waals surface area contributed by atoms with Crippen molar-refractivity contribution in [2.45, 2.75) is 57.3 Å². The third-order valence-electron chi connectivity index (χ3n) is 4.23. The predicted octanol–water partition coefficient (Wildman–Crippen LogP) is 2.57. The molecule has 1 aromatic rings. The quantitative estimate of drug-likeness (QED) is 0.802. The van der Waals surface area contributed by atoms with Crippen molar-refractivity contribution >= 4 is 5.82 Å². The summed E-state index contributed by atoms with van der Waals surface area (Å²) in [5.74, 6) is 1.39. The highest BCUT2D eigenvalue weighted by molar-refractivity contribution is 5.47. The number of H-pyrrole nitrogens is 1. The van der Waals surface area contributed by atoms with Crippen LogP contribution >= 0.6 is 0 Å². The number of nitrogens with zero attached hydrogens (tertiary/aromatic N) is 1. The summed E-state index contributed by atoms with van der Waals surface area (Å²) in [5, 5.41) is 3.31. The summed E-state index contributed by atoms with van der Waals surface area (Å²) in [6.07, 6.45) is 9.75. The van der Waals surface area contributed by atoms with Gasteiger partial charge in [0.15, 0.2) is 0 Å². The van der Waals surface area contributed by atoms with E-state index in [1.165, 1.54) is 49.8 Å². The molecule has 0 radical (unpaired) electrons. The second kappa shape index (κ2) is 5.12. The van der Waals surface area contributed by atoms with Crippen LogP contribution in [0.25, 0.3) is 0 Å². The standard InChI is InChI=1S/C14H21N3O/c18-14-16-12(10-6-2-1-3-7-10)11-8-4-5-9-15-13(11)17-14/h10H,1-9H2,(H2,15,16,17,18). The van der Waals surface area contributed by atoms with Crippen LogP contribution in [0.5, 0.6) is 0 Å². The molecular formula is C14H21N3O. The fraction of sp³-hybridized carbons (Fsp3) is 0.714. The number of hydrogen-bond donors (Lipinski definition) is 2. The molecule has 4 nitrogen and oxygen atoms in total. The van der Waals surface area contributed by atoms with Gasteiger partial charge in [-0.25, -0.2) is 4.79 Å². The summed E-state index contributed by atoms with van der Waals surface area (Å²) >= 11 is 0. The van der Waals surface area contributed by atoms with Gasteiger partial charge in [0, 0.05) is 17.8 Å². The minimum atomic E-state index is -0.191. The van der Waals surface area contributed by atoms with Gasteiger partial charge in [-0.1, -0.05) is 19.3 Å². The highest BCUT2D eigenvalue weighted by atomic mass is 16.1. The lowest BCUT2D eigenvalue weighted by Crippen LogP contribution is -2.21. The van der Waals surface area contributed by atoms with E-state index in [4.69, 9.17) is 0 Å². The van der Waals surface area contributed by atoms with Crippen molar-refractivity contribution in [1.82, 2.24) is 9.97 Å². The summed E-state index contributed by atoms with van der Waals surface area (Å²) in [6, 6.07) is 0. The zero-order valence-corrected chi connectivity index (χ0v) is 10.8. The molecule has 1 aliphatic heterocycles. The van der Waals surface area contributed by atoms with Gasteiger partial charge in [0.25, 0.3) is 0 Å². The first-order chi connectivity index (χ1) is 8.84. The second-order valence-corrected chi connectivity index (χ2v) is 5.50. The van der Waals surface area contributed by atoms with Crippen LogP contribution < -0.4 is 11.0 Å². The lowest BCUT2D eigenvalue weighted by atomic mass is 9.84. The van der Waals surface area contributed by atoms with Crippen LogP contribution in [0.1, 0.15) is 62.1 Å². The molecular weight excluding hydrogens is 226 g/mol. The van der Waals surface area contributed by atoms with Gasteiger partial charge >= 0.3 is 5.69 Å². The molecule has 1 fully saturated rings. The van der Waals surface area contributed by atoms with Crippen molar-refractivity contribution in [3.63, 3.8) is 0 Å². The minimum absolute atomic E-state index is 0.191. The summed E-state index contributed by atoms with van der Waals surface area (Å²) in [5.41, 5.74) is 2.27. The number of aromatic nitrogens is 2. The third kappa shape index (κ3) is 2.28. The van der Waals surface area contributed by atoms with E-state index in [2.05, 4.69) is 15.3 Å². The molecule has 1 saturated carbocycles. The molecule has 2 N–H and O–H groups in total. The van der Waals surface area contributed by atoms with E-state index in [0.29, 0.717) is 5.92 Å². The zero-order valence-electron chi connectivity index (χ0n) is 10.8. The molecule has 0 atom stereocenters. The first-order valence-corrected chi connectivity index (χ1v) is 7.21. The molecule has 1 aliphatic carbocycles. The highest BCUT2D eigenvalue weighted by Gasteiger charge is 2.23. The van der Waals surface area contributed by atoms with Crippen LogP contribution in [-0.2, 0) is 6.42 Å². The maximum absolute atomic E-state index is 11.7. The van der Waals surface area contributed by atoms with Gasteiger partial charge in [0.1, 0.15) is 5.82 Å². The van der Waals surface area contributed by atoms with Gasteiger partial charge in [-0.3, -0.25) is 0 Å². The van der Waals surface area contributed by atoms with Crippen molar-refractivity contribution in [3.8, 4) is 0 Å². The van der Waals surface area contributed by atoms with Crippen LogP contribution in [-0.4, -0.2) is 16.5 Å². The molecule has 0 bridgehead atoms. The SMILES string of the molecule is O=c1nc2c(c(C3CCCCC3)[nH]1)CCCCN2. The van der Waals surface area contributed by atoms with Crippen LogP contribution in [0.4, 0.5) is 5.82 Å². The van der Waals surface area contributed by atoms with E-state index in [0.717, 1.165) is 25.2 Å². The van der Waals surface area contributed by atoms with Gasteiger partial charge in [0.2, 0.25) is 0 Å². The molecule has 3 rings (SSSR count). The van der Waals surface area contributed by atoms with Crippen LogP contribution in [0, 0.1) is 0 Å². The molecule has 2 heterocycles. The van der Waals surface area contributed by atoms with Crippen molar-refractivity contribution in [3.05, 3.63) is 21.7 Å². The van der Waals surface area contributed by atoms with E-state index in [9.17, 15) is 4.79 Å². The van der Waals surface area contributed by atoms with E-state index in [1.54, 1.807) is 0 Å². The summed E-state index contributed by atoms with van der Waals surface area (Å²) < 4.78 is 0. The zero-order chi connectivity index (χ0) is 12.4. The Morgan fingerprint density at radius 3 is 2.72 bits per heavy atom. The van der Waals surface area contributed by atoms with E-state index >= 15 is 0 Å². The summed E-state index contributed by atoms with van der Waals surface area (Å²) in [4.78, 5) is 18.8. The maximum atomic E-state index is 11.7. The normalized spacial score (nSPS) is 20.9. The van der Waals surface area contributed by atoms with Gasteiger partial charge in [0.05, 0.1) is 0 Å². The van der Waals surface area contributed by atoms with E-state index < -0.39 is 0 Å². The highest BCUT2D eigenvalue weighted by Crippen LogP contribution is 2.35.